The summed E-state index contributed by atoms with van der Waals surface area (Å²) in [6, 6.07) is 0. The van der Waals surface area contributed by atoms with Crippen molar-refractivity contribution in [3.05, 3.63) is 0 Å². The smallest absolute Gasteiger partial charge is 0.306 e. The van der Waals surface area contributed by atoms with Crippen molar-refractivity contribution in [3.63, 3.8) is 0 Å². The van der Waals surface area contributed by atoms with Crippen LogP contribution in [0.25, 0.3) is 0 Å². The molecule has 0 aromatic heterocycles. The SMILES string of the molecule is COC(=O)CCN(C)S(=O)(=O)CS(C)(=O)=O. The molecule has 7 nitrogen and oxygen atoms in total. The van der Waals surface area contributed by atoms with E-state index in [0.717, 1.165) is 10.6 Å². The van der Waals surface area contributed by atoms with Gasteiger partial charge in [-0.25, -0.2) is 21.1 Å². The highest BCUT2D eigenvalue weighted by molar-refractivity contribution is 8.06. The van der Waals surface area contributed by atoms with Crippen molar-refractivity contribution in [2.45, 2.75) is 6.42 Å². The molecule has 0 aliphatic rings. The second-order valence-corrected chi connectivity index (χ2v) is 7.88. The topological polar surface area (TPSA) is 97.8 Å². The Balaban J connectivity index is 4.49. The third-order valence-electron chi connectivity index (χ3n) is 1.70. The van der Waals surface area contributed by atoms with Gasteiger partial charge >= 0.3 is 5.97 Å². The lowest BCUT2D eigenvalue weighted by atomic mass is 10.4. The summed E-state index contributed by atoms with van der Waals surface area (Å²) in [6.45, 7) is -0.107. The maximum atomic E-state index is 11.4. The van der Waals surface area contributed by atoms with E-state index in [2.05, 4.69) is 4.74 Å². The molecule has 0 N–H and O–H groups in total. The van der Waals surface area contributed by atoms with Gasteiger partial charge in [-0.15, -0.1) is 0 Å². The van der Waals surface area contributed by atoms with Crippen LogP contribution in [0.3, 0.4) is 0 Å². The van der Waals surface area contributed by atoms with Crippen molar-refractivity contribution < 1.29 is 26.4 Å². The quantitative estimate of drug-likeness (QED) is 0.565. The first-order chi connectivity index (χ1) is 7.08. The van der Waals surface area contributed by atoms with Crippen LogP contribution in [0.5, 0.6) is 0 Å². The second-order valence-electron chi connectivity index (χ2n) is 3.30. The molecule has 0 rings (SSSR count). The van der Waals surface area contributed by atoms with Crippen LogP contribution in [0.4, 0.5) is 0 Å². The van der Waals surface area contributed by atoms with E-state index in [0.29, 0.717) is 0 Å². The fourth-order valence-corrected chi connectivity index (χ4v) is 4.10. The molecule has 0 bridgehead atoms. The zero-order chi connectivity index (χ0) is 13.0. The third-order valence-corrected chi connectivity index (χ3v) is 5.73. The molecular weight excluding hydrogens is 258 g/mol. The molecule has 0 saturated heterocycles. The van der Waals surface area contributed by atoms with Crippen LogP contribution in [0.1, 0.15) is 6.42 Å². The molecule has 0 aromatic carbocycles. The summed E-state index contributed by atoms with van der Waals surface area (Å²) in [7, 11) is -5.10. The molecular formula is C7H15NO6S2. The van der Waals surface area contributed by atoms with Crippen LogP contribution in [0, 0.1) is 0 Å². The zero-order valence-corrected chi connectivity index (χ0v) is 11.0. The van der Waals surface area contributed by atoms with Gasteiger partial charge in [0, 0.05) is 19.8 Å². The van der Waals surface area contributed by atoms with E-state index >= 15 is 0 Å². The van der Waals surface area contributed by atoms with E-state index < -0.39 is 30.9 Å². The second kappa shape index (κ2) is 5.60. The number of rotatable bonds is 6. The number of sulfone groups is 1. The summed E-state index contributed by atoms with van der Waals surface area (Å²) in [4.78, 5) is 10.8. The van der Waals surface area contributed by atoms with Crippen LogP contribution in [0.15, 0.2) is 0 Å². The van der Waals surface area contributed by atoms with Gasteiger partial charge < -0.3 is 4.74 Å². The Hall–Kier alpha value is -0.670. The van der Waals surface area contributed by atoms with Crippen molar-refractivity contribution in [2.75, 3.05) is 32.0 Å². The molecule has 0 atom stereocenters. The molecule has 96 valence electrons. The maximum Gasteiger partial charge on any atom is 0.306 e. The number of ether oxygens (including phenoxy) is 1. The molecule has 0 radical (unpaired) electrons. The fraction of sp³-hybridized carbons (Fsp3) is 0.857. The van der Waals surface area contributed by atoms with Gasteiger partial charge in [0.15, 0.2) is 14.9 Å². The molecule has 0 fully saturated rings. The standard InChI is InChI=1S/C7H15NO6S2/c1-8(5-4-7(9)14-2)16(12,13)6-15(3,10)11/h4-6H2,1-3H3. The van der Waals surface area contributed by atoms with Crippen molar-refractivity contribution >= 4 is 25.8 Å². The summed E-state index contributed by atoms with van der Waals surface area (Å²) in [5, 5.41) is -0.961. The highest BCUT2D eigenvalue weighted by Gasteiger charge is 2.23. The van der Waals surface area contributed by atoms with Crippen molar-refractivity contribution in [1.82, 2.24) is 4.31 Å². The van der Waals surface area contributed by atoms with Gasteiger partial charge in [-0.05, 0) is 0 Å². The number of sulfonamides is 1. The molecule has 0 amide bonds. The highest BCUT2D eigenvalue weighted by atomic mass is 32.3. The molecule has 0 unspecified atom stereocenters. The molecule has 0 aliphatic heterocycles. The number of hydrogen-bond donors (Lipinski definition) is 0. The van der Waals surface area contributed by atoms with E-state index in [1.165, 1.54) is 14.2 Å². The molecule has 0 aromatic rings. The average Bonchev–Trinajstić information content (AvgIpc) is 2.09. The first-order valence-electron chi connectivity index (χ1n) is 4.27. The summed E-state index contributed by atoms with van der Waals surface area (Å²) in [6.07, 6.45) is 0.717. The number of esters is 1. The van der Waals surface area contributed by atoms with Crippen LogP contribution >= 0.6 is 0 Å². The van der Waals surface area contributed by atoms with E-state index in [1.807, 2.05) is 0 Å². The van der Waals surface area contributed by atoms with Gasteiger partial charge in [0.2, 0.25) is 10.0 Å². The van der Waals surface area contributed by atoms with Crippen LogP contribution < -0.4 is 0 Å². The lowest BCUT2D eigenvalue weighted by molar-refractivity contribution is -0.140. The Kier molecular flexibility index (Phi) is 5.36. The predicted molar refractivity (Wildman–Crippen MR) is 57.9 cm³/mol. The van der Waals surface area contributed by atoms with E-state index in [9.17, 15) is 21.6 Å². The van der Waals surface area contributed by atoms with Crippen LogP contribution in [-0.2, 0) is 29.4 Å². The Morgan fingerprint density at radius 3 is 2.12 bits per heavy atom. The van der Waals surface area contributed by atoms with Gasteiger partial charge in [0.1, 0.15) is 0 Å². The van der Waals surface area contributed by atoms with Crippen LogP contribution in [0.2, 0.25) is 0 Å². The highest BCUT2D eigenvalue weighted by Crippen LogP contribution is 2.03. The maximum absolute atomic E-state index is 11.4. The number of nitrogens with zero attached hydrogens (tertiary/aromatic N) is 1. The van der Waals surface area contributed by atoms with Gasteiger partial charge in [0.05, 0.1) is 13.5 Å². The summed E-state index contributed by atoms with van der Waals surface area (Å²) in [5.41, 5.74) is 0. The molecule has 0 saturated carbocycles. The normalized spacial score (nSPS) is 12.8. The first kappa shape index (κ1) is 15.3. The molecule has 0 heterocycles. The van der Waals surface area contributed by atoms with Crippen molar-refractivity contribution in [2.24, 2.45) is 0 Å². The number of carbonyl (C=O) groups is 1. The van der Waals surface area contributed by atoms with Crippen molar-refractivity contribution in [1.29, 1.82) is 0 Å². The number of hydrogen-bond acceptors (Lipinski definition) is 6. The lowest BCUT2D eigenvalue weighted by Crippen LogP contribution is -2.33. The van der Waals surface area contributed by atoms with E-state index in [-0.39, 0.29) is 13.0 Å². The molecule has 9 heteroatoms. The largest absolute Gasteiger partial charge is 0.469 e. The Labute approximate surface area is 95.3 Å². The molecule has 0 spiro atoms. The number of carbonyl (C=O) groups excluding carboxylic acids is 1. The van der Waals surface area contributed by atoms with E-state index in [1.54, 1.807) is 0 Å². The summed E-state index contributed by atoms with van der Waals surface area (Å²) < 4.78 is 49.7. The van der Waals surface area contributed by atoms with Gasteiger partial charge in [-0.3, -0.25) is 4.79 Å². The third kappa shape index (κ3) is 6.03. The van der Waals surface area contributed by atoms with Gasteiger partial charge in [-0.2, -0.15) is 0 Å². The molecule has 0 aliphatic carbocycles. The average molecular weight is 273 g/mol. The van der Waals surface area contributed by atoms with Crippen LogP contribution in [-0.4, -0.2) is 59.2 Å². The summed E-state index contributed by atoms with van der Waals surface area (Å²) >= 11 is 0. The Bertz CT molecular complexity index is 437. The minimum atomic E-state index is -3.88. The fourth-order valence-electron chi connectivity index (χ4n) is 0.850. The summed E-state index contributed by atoms with van der Waals surface area (Å²) in [5.74, 6) is -0.554. The number of methoxy groups -OCH3 is 1. The lowest BCUT2D eigenvalue weighted by Gasteiger charge is -2.15. The minimum Gasteiger partial charge on any atom is -0.469 e. The Morgan fingerprint density at radius 1 is 1.25 bits per heavy atom. The van der Waals surface area contributed by atoms with Gasteiger partial charge in [0.25, 0.3) is 0 Å². The molecule has 16 heavy (non-hydrogen) atoms. The first-order valence-corrected chi connectivity index (χ1v) is 7.94. The zero-order valence-electron chi connectivity index (χ0n) is 9.33. The Morgan fingerprint density at radius 2 is 1.75 bits per heavy atom. The van der Waals surface area contributed by atoms with E-state index in [4.69, 9.17) is 0 Å². The minimum absolute atomic E-state index is 0.107. The van der Waals surface area contributed by atoms with Crippen molar-refractivity contribution in [3.8, 4) is 0 Å². The predicted octanol–water partition coefficient (Wildman–Crippen LogP) is -1.19. The van der Waals surface area contributed by atoms with Gasteiger partial charge in [-0.1, -0.05) is 0 Å². The monoisotopic (exact) mass is 273 g/mol.